The Morgan fingerprint density at radius 1 is 1.16 bits per heavy atom. The molecule has 0 saturated heterocycles. The minimum absolute atomic E-state index is 0.0940. The lowest BCUT2D eigenvalue weighted by Gasteiger charge is -2.16. The van der Waals surface area contributed by atoms with Crippen molar-refractivity contribution in [3.05, 3.63) is 87.4 Å². The fourth-order valence-electron chi connectivity index (χ4n) is 3.70. The van der Waals surface area contributed by atoms with E-state index in [4.69, 9.17) is 11.6 Å². The molecule has 192 valence electrons. The first kappa shape index (κ1) is 26.2. The van der Waals surface area contributed by atoms with Crippen LogP contribution in [0.5, 0.6) is 0 Å². The maximum atomic E-state index is 13.1. The van der Waals surface area contributed by atoms with Crippen LogP contribution in [0.1, 0.15) is 30.2 Å². The summed E-state index contributed by atoms with van der Waals surface area (Å²) in [6, 6.07) is 14.6. The quantitative estimate of drug-likeness (QED) is 0.376. The number of hydrogen-bond donors (Lipinski definition) is 2. The Morgan fingerprint density at radius 2 is 1.86 bits per heavy atom. The highest BCUT2D eigenvalue weighted by Gasteiger charge is 2.39. The van der Waals surface area contributed by atoms with E-state index in [0.717, 1.165) is 9.13 Å². The van der Waals surface area contributed by atoms with Crippen LogP contribution in [0.3, 0.4) is 0 Å². The number of halogens is 4. The van der Waals surface area contributed by atoms with Crippen LogP contribution in [-0.4, -0.2) is 46.4 Å². The van der Waals surface area contributed by atoms with E-state index < -0.39 is 30.6 Å². The molecule has 4 aromatic rings. The summed E-state index contributed by atoms with van der Waals surface area (Å²) in [5, 5.41) is 33.8. The molecule has 2 aromatic heterocycles. The number of alkyl halides is 3. The summed E-state index contributed by atoms with van der Waals surface area (Å²) < 4.78 is 42.5. The van der Waals surface area contributed by atoms with E-state index in [1.165, 1.54) is 29.9 Å². The lowest BCUT2D eigenvalue weighted by atomic mass is 10.1. The lowest BCUT2D eigenvalue weighted by Crippen LogP contribution is -2.37. The van der Waals surface area contributed by atoms with Crippen molar-refractivity contribution in [3.63, 3.8) is 0 Å². The number of nitrogens with zero attached hydrogens (tertiary/aromatic N) is 6. The molecule has 2 atom stereocenters. The predicted molar refractivity (Wildman–Crippen MR) is 127 cm³/mol. The molecule has 2 aromatic carbocycles. The molecule has 0 fully saturated rings. The molecule has 0 amide bonds. The molecule has 0 bridgehead atoms. The average molecular weight is 533 g/mol. The molecular formula is C24H20ClF3N6O3. The maximum Gasteiger partial charge on any atom is 0.416 e. The van der Waals surface area contributed by atoms with Crippen LogP contribution in [0.25, 0.3) is 16.9 Å². The molecule has 0 aliphatic rings. The summed E-state index contributed by atoms with van der Waals surface area (Å²) in [6.45, 7) is 0.215. The third kappa shape index (κ3) is 5.59. The van der Waals surface area contributed by atoms with Gasteiger partial charge in [0.05, 0.1) is 36.1 Å². The maximum absolute atomic E-state index is 13.1. The number of aromatic nitrogens is 5. The van der Waals surface area contributed by atoms with E-state index in [-0.39, 0.29) is 23.9 Å². The second kappa shape index (κ2) is 10.2. The van der Waals surface area contributed by atoms with Crippen LogP contribution in [0, 0.1) is 11.3 Å². The van der Waals surface area contributed by atoms with Crippen molar-refractivity contribution in [2.24, 2.45) is 0 Å². The van der Waals surface area contributed by atoms with Crippen molar-refractivity contribution >= 4 is 11.6 Å². The Kier molecular flexibility index (Phi) is 7.22. The van der Waals surface area contributed by atoms with Gasteiger partial charge in [0.1, 0.15) is 6.10 Å². The summed E-state index contributed by atoms with van der Waals surface area (Å²) >= 11 is 5.92. The van der Waals surface area contributed by atoms with Gasteiger partial charge in [-0.15, -0.1) is 5.10 Å². The Morgan fingerprint density at radius 3 is 2.49 bits per heavy atom. The molecule has 0 radical (unpaired) electrons. The number of aliphatic hydroxyl groups is 2. The first-order valence-corrected chi connectivity index (χ1v) is 11.3. The smallest absolute Gasteiger partial charge is 0.385 e. The minimum atomic E-state index is -4.93. The first-order valence-electron chi connectivity index (χ1n) is 10.9. The highest BCUT2D eigenvalue weighted by Crippen LogP contribution is 2.25. The molecule has 0 spiro atoms. The van der Waals surface area contributed by atoms with E-state index in [9.17, 15) is 33.4 Å². The number of aliphatic hydroxyl groups excluding tert-OH is 2. The van der Waals surface area contributed by atoms with Gasteiger partial charge >= 0.3 is 11.9 Å². The van der Waals surface area contributed by atoms with Gasteiger partial charge in [0.2, 0.25) is 0 Å². The Bertz CT molecular complexity index is 1520. The topological polar surface area (TPSA) is 122 Å². The highest BCUT2D eigenvalue weighted by atomic mass is 35.5. The van der Waals surface area contributed by atoms with Crippen LogP contribution >= 0.6 is 11.6 Å². The van der Waals surface area contributed by atoms with Crippen molar-refractivity contribution in [3.8, 4) is 23.0 Å². The third-order valence-corrected chi connectivity index (χ3v) is 5.75. The summed E-state index contributed by atoms with van der Waals surface area (Å²) in [5.41, 5.74) is 0.520. The molecule has 0 unspecified atom stereocenters. The second-order valence-electron chi connectivity index (χ2n) is 8.24. The molecule has 0 aliphatic heterocycles. The molecule has 13 heteroatoms. The highest BCUT2D eigenvalue weighted by molar-refractivity contribution is 6.30. The van der Waals surface area contributed by atoms with Gasteiger partial charge in [0.15, 0.2) is 17.8 Å². The molecule has 2 heterocycles. The minimum Gasteiger partial charge on any atom is -0.385 e. The monoisotopic (exact) mass is 532 g/mol. The van der Waals surface area contributed by atoms with Crippen LogP contribution in [0.4, 0.5) is 13.2 Å². The Hall–Kier alpha value is -3.92. The zero-order chi connectivity index (χ0) is 26.9. The van der Waals surface area contributed by atoms with Gasteiger partial charge in [-0.2, -0.15) is 18.4 Å². The van der Waals surface area contributed by atoms with Gasteiger partial charge in [0.25, 0.3) is 0 Å². The average Bonchev–Trinajstić information content (AvgIpc) is 3.41. The number of benzene rings is 2. The summed E-state index contributed by atoms with van der Waals surface area (Å²) in [5.74, 6) is 0.236. The number of rotatable bonds is 7. The third-order valence-electron chi connectivity index (χ3n) is 5.50. The Labute approximate surface area is 213 Å². The fraction of sp³-hybridized carbons (Fsp3) is 0.250. The molecular weight excluding hydrogens is 513 g/mol. The second-order valence-corrected chi connectivity index (χ2v) is 8.67. The van der Waals surface area contributed by atoms with Gasteiger partial charge < -0.3 is 10.2 Å². The Balaban J connectivity index is 1.77. The number of hydrogen-bond acceptors (Lipinski definition) is 6. The van der Waals surface area contributed by atoms with Gasteiger partial charge in [-0.05, 0) is 42.8 Å². The van der Waals surface area contributed by atoms with E-state index in [1.54, 1.807) is 36.4 Å². The van der Waals surface area contributed by atoms with Crippen molar-refractivity contribution in [1.82, 2.24) is 23.9 Å². The zero-order valence-electron chi connectivity index (χ0n) is 19.3. The summed E-state index contributed by atoms with van der Waals surface area (Å²) in [6.07, 6.45) is -7.41. The molecule has 0 aliphatic carbocycles. The first-order chi connectivity index (χ1) is 17.5. The summed E-state index contributed by atoms with van der Waals surface area (Å²) in [7, 11) is 0. The zero-order valence-corrected chi connectivity index (χ0v) is 20.0. The summed E-state index contributed by atoms with van der Waals surface area (Å²) in [4.78, 5) is 17.5. The predicted octanol–water partition coefficient (Wildman–Crippen LogP) is 3.45. The van der Waals surface area contributed by atoms with Gasteiger partial charge in [0, 0.05) is 11.2 Å². The molecule has 2 N–H and O–H groups in total. The van der Waals surface area contributed by atoms with E-state index in [1.807, 2.05) is 6.07 Å². The van der Waals surface area contributed by atoms with Gasteiger partial charge in [-0.3, -0.25) is 9.13 Å². The largest absolute Gasteiger partial charge is 0.416 e. The lowest BCUT2D eigenvalue weighted by molar-refractivity contribution is -0.207. The van der Waals surface area contributed by atoms with Gasteiger partial charge in [-0.25, -0.2) is 14.5 Å². The number of nitriles is 1. The molecule has 9 nitrogen and oxygen atoms in total. The van der Waals surface area contributed by atoms with Crippen LogP contribution in [-0.2, 0) is 13.1 Å². The standard InChI is InChI=1S/C24H20ClF3N6O3/c1-14(35)22-30-21(31-34(22)18-4-2-3-15(9-18)10-29)13-32-11-19(16-5-7-17(25)8-6-16)33(23(32)37)12-20(36)24(26,27)28/h2-9,11,14,20,35-36H,12-13H2,1H3/t14-,20-/m0/s1. The SMILES string of the molecule is C[C@H](O)c1nc(Cn2cc(-c3ccc(Cl)cc3)n(C[C@H](O)C(F)(F)F)c2=O)nn1-c1cccc(C#N)c1. The molecule has 37 heavy (non-hydrogen) atoms. The van der Waals surface area contributed by atoms with Crippen LogP contribution in [0.15, 0.2) is 59.5 Å². The molecule has 4 rings (SSSR count). The van der Waals surface area contributed by atoms with E-state index in [2.05, 4.69) is 10.1 Å². The van der Waals surface area contributed by atoms with Gasteiger partial charge in [-0.1, -0.05) is 29.8 Å². The fourth-order valence-corrected chi connectivity index (χ4v) is 3.83. The van der Waals surface area contributed by atoms with Crippen molar-refractivity contribution in [2.75, 3.05) is 0 Å². The number of imidazole rings is 1. The van der Waals surface area contributed by atoms with Crippen LogP contribution in [0.2, 0.25) is 5.02 Å². The van der Waals surface area contributed by atoms with Crippen molar-refractivity contribution in [1.29, 1.82) is 5.26 Å². The van der Waals surface area contributed by atoms with Crippen LogP contribution < -0.4 is 5.69 Å². The van der Waals surface area contributed by atoms with E-state index in [0.29, 0.717) is 21.8 Å². The van der Waals surface area contributed by atoms with E-state index >= 15 is 0 Å². The normalized spacial score (nSPS) is 13.4. The molecule has 0 saturated carbocycles. The van der Waals surface area contributed by atoms with Crippen molar-refractivity contribution < 1.29 is 23.4 Å². The van der Waals surface area contributed by atoms with Crippen molar-refractivity contribution in [2.45, 2.75) is 38.4 Å².